The highest BCUT2D eigenvalue weighted by Gasteiger charge is 2.26. The van der Waals surface area contributed by atoms with Crippen molar-refractivity contribution < 1.29 is 9.59 Å². The molecule has 5 nitrogen and oxygen atoms in total. The molecular formula is C23H28BrN3O2. The van der Waals surface area contributed by atoms with Gasteiger partial charge in [-0.1, -0.05) is 40.2 Å². The second kappa shape index (κ2) is 10.0. The molecule has 1 unspecified atom stereocenters. The van der Waals surface area contributed by atoms with Gasteiger partial charge in [0.05, 0.1) is 17.2 Å². The number of likely N-dealkylation sites (tertiary alicyclic amines) is 1. The Hall–Kier alpha value is -2.18. The number of benzene rings is 2. The number of carbonyl (C=O) groups excluding carboxylic acids is 2. The summed E-state index contributed by atoms with van der Waals surface area (Å²) < 4.78 is 1.07. The number of para-hydroxylation sites is 1. The van der Waals surface area contributed by atoms with E-state index in [1.807, 2.05) is 38.1 Å². The summed E-state index contributed by atoms with van der Waals surface area (Å²) in [5.74, 6) is -0.276. The molecule has 2 N–H and O–H groups in total. The van der Waals surface area contributed by atoms with Crippen LogP contribution >= 0.6 is 15.9 Å². The van der Waals surface area contributed by atoms with Gasteiger partial charge in [-0.2, -0.15) is 0 Å². The van der Waals surface area contributed by atoms with Crippen LogP contribution in [0.5, 0.6) is 0 Å². The SMILES string of the molecule is CC(C)NC(=O)c1ccccc1NC(=O)C1CCCN(Cc2cccc(Br)c2)C1. The standard InChI is InChI=1S/C23H28BrN3O2/c1-16(2)25-23(29)20-10-3-4-11-21(20)26-22(28)18-8-6-12-27(15-18)14-17-7-5-9-19(24)13-17/h3-5,7,9-11,13,16,18H,6,8,12,14-15H2,1-2H3,(H,25,29)(H,26,28). The largest absolute Gasteiger partial charge is 0.350 e. The summed E-state index contributed by atoms with van der Waals surface area (Å²) in [4.78, 5) is 27.7. The van der Waals surface area contributed by atoms with Gasteiger partial charge in [0.1, 0.15) is 0 Å². The molecule has 6 heteroatoms. The molecule has 0 bridgehead atoms. The Labute approximate surface area is 181 Å². The maximum Gasteiger partial charge on any atom is 0.253 e. The quantitative estimate of drug-likeness (QED) is 0.673. The zero-order chi connectivity index (χ0) is 20.8. The van der Waals surface area contributed by atoms with E-state index in [1.54, 1.807) is 12.1 Å². The van der Waals surface area contributed by atoms with Gasteiger partial charge in [0.25, 0.3) is 5.91 Å². The lowest BCUT2D eigenvalue weighted by Gasteiger charge is -2.32. The maximum absolute atomic E-state index is 12.9. The number of rotatable bonds is 6. The molecule has 2 amide bonds. The Kier molecular flexibility index (Phi) is 7.45. The van der Waals surface area contributed by atoms with Crippen molar-refractivity contribution in [2.24, 2.45) is 5.92 Å². The van der Waals surface area contributed by atoms with Crippen molar-refractivity contribution in [1.29, 1.82) is 0 Å². The molecule has 0 spiro atoms. The Morgan fingerprint density at radius 3 is 2.72 bits per heavy atom. The molecule has 1 saturated heterocycles. The minimum Gasteiger partial charge on any atom is -0.350 e. The van der Waals surface area contributed by atoms with Crippen molar-refractivity contribution in [3.8, 4) is 0 Å². The molecule has 154 valence electrons. The van der Waals surface area contributed by atoms with Crippen molar-refractivity contribution >= 4 is 33.4 Å². The summed E-state index contributed by atoms with van der Waals surface area (Å²) >= 11 is 3.52. The van der Waals surface area contributed by atoms with E-state index in [0.29, 0.717) is 11.3 Å². The van der Waals surface area contributed by atoms with Crippen molar-refractivity contribution in [2.75, 3.05) is 18.4 Å². The number of piperidine rings is 1. The molecule has 0 radical (unpaired) electrons. The van der Waals surface area contributed by atoms with Crippen molar-refractivity contribution in [3.63, 3.8) is 0 Å². The maximum atomic E-state index is 12.9. The molecular weight excluding hydrogens is 430 g/mol. The Morgan fingerprint density at radius 2 is 1.97 bits per heavy atom. The van der Waals surface area contributed by atoms with E-state index >= 15 is 0 Å². The van der Waals surface area contributed by atoms with Crippen LogP contribution in [0.15, 0.2) is 53.0 Å². The first kappa shape index (κ1) is 21.5. The van der Waals surface area contributed by atoms with Gasteiger partial charge in [-0.25, -0.2) is 0 Å². The third-order valence-electron chi connectivity index (χ3n) is 5.02. The van der Waals surface area contributed by atoms with Crippen LogP contribution in [0.4, 0.5) is 5.69 Å². The topological polar surface area (TPSA) is 61.4 Å². The smallest absolute Gasteiger partial charge is 0.253 e. The second-order valence-corrected chi connectivity index (χ2v) is 8.78. The van der Waals surface area contributed by atoms with E-state index in [9.17, 15) is 9.59 Å². The molecule has 29 heavy (non-hydrogen) atoms. The summed E-state index contributed by atoms with van der Waals surface area (Å²) in [7, 11) is 0. The molecule has 0 saturated carbocycles. The number of hydrogen-bond donors (Lipinski definition) is 2. The van der Waals surface area contributed by atoms with Crippen molar-refractivity contribution in [3.05, 3.63) is 64.1 Å². The molecule has 1 atom stereocenters. The normalized spacial score (nSPS) is 17.2. The van der Waals surface area contributed by atoms with Crippen LogP contribution in [0, 0.1) is 5.92 Å². The lowest BCUT2D eigenvalue weighted by Crippen LogP contribution is -2.40. The molecule has 0 aliphatic carbocycles. The summed E-state index contributed by atoms with van der Waals surface area (Å²) in [6.45, 7) is 6.38. The summed E-state index contributed by atoms with van der Waals surface area (Å²) in [6, 6.07) is 15.5. The summed E-state index contributed by atoms with van der Waals surface area (Å²) in [6.07, 6.45) is 1.85. The summed E-state index contributed by atoms with van der Waals surface area (Å²) in [5, 5.41) is 5.88. The molecule has 3 rings (SSSR count). The first-order valence-corrected chi connectivity index (χ1v) is 10.9. The van der Waals surface area contributed by atoms with Crippen LogP contribution in [0.25, 0.3) is 0 Å². The Balaban J connectivity index is 1.64. The first-order valence-electron chi connectivity index (χ1n) is 10.1. The van der Waals surface area contributed by atoms with Crippen LogP contribution in [-0.4, -0.2) is 35.8 Å². The molecule has 0 aromatic heterocycles. The van der Waals surface area contributed by atoms with E-state index in [4.69, 9.17) is 0 Å². The van der Waals surface area contributed by atoms with Crippen molar-refractivity contribution in [2.45, 2.75) is 39.3 Å². The molecule has 1 heterocycles. The predicted octanol–water partition coefficient (Wildman–Crippen LogP) is 4.44. The molecule has 1 aliphatic rings. The lowest BCUT2D eigenvalue weighted by molar-refractivity contribution is -0.121. The number of carbonyl (C=O) groups is 2. The first-order chi connectivity index (χ1) is 13.9. The highest BCUT2D eigenvalue weighted by atomic mass is 79.9. The Morgan fingerprint density at radius 1 is 1.17 bits per heavy atom. The van der Waals surface area contributed by atoms with Crippen LogP contribution in [0.1, 0.15) is 42.6 Å². The predicted molar refractivity (Wildman–Crippen MR) is 120 cm³/mol. The molecule has 1 aliphatic heterocycles. The minimum atomic E-state index is -0.171. The number of amides is 2. The van der Waals surface area contributed by atoms with E-state index in [0.717, 1.165) is 36.9 Å². The van der Waals surface area contributed by atoms with Gasteiger partial charge in [-0.15, -0.1) is 0 Å². The molecule has 2 aromatic carbocycles. The number of nitrogens with one attached hydrogen (secondary N) is 2. The zero-order valence-corrected chi connectivity index (χ0v) is 18.5. The van der Waals surface area contributed by atoms with Gasteiger partial charge in [-0.05, 0) is 63.1 Å². The molecule has 1 fully saturated rings. The van der Waals surface area contributed by atoms with Gasteiger partial charge < -0.3 is 10.6 Å². The van der Waals surface area contributed by atoms with E-state index in [-0.39, 0.29) is 23.8 Å². The van der Waals surface area contributed by atoms with E-state index in [1.165, 1.54) is 5.56 Å². The number of nitrogens with zero attached hydrogens (tertiary/aromatic N) is 1. The fourth-order valence-corrected chi connectivity index (χ4v) is 4.12. The second-order valence-electron chi connectivity index (χ2n) is 7.87. The van der Waals surface area contributed by atoms with Gasteiger partial charge in [0.2, 0.25) is 5.91 Å². The average molecular weight is 458 g/mol. The van der Waals surface area contributed by atoms with Crippen LogP contribution in [-0.2, 0) is 11.3 Å². The summed E-state index contributed by atoms with van der Waals surface area (Å²) in [5.41, 5.74) is 2.30. The number of anilines is 1. The van der Waals surface area contributed by atoms with Crippen LogP contribution in [0.2, 0.25) is 0 Å². The highest BCUT2D eigenvalue weighted by molar-refractivity contribution is 9.10. The lowest BCUT2D eigenvalue weighted by atomic mass is 9.96. The number of halogens is 1. The van der Waals surface area contributed by atoms with Gasteiger partial charge >= 0.3 is 0 Å². The van der Waals surface area contributed by atoms with E-state index in [2.05, 4.69) is 43.6 Å². The minimum absolute atomic E-state index is 0.0197. The fourth-order valence-electron chi connectivity index (χ4n) is 3.67. The van der Waals surface area contributed by atoms with Gasteiger partial charge in [-0.3, -0.25) is 14.5 Å². The van der Waals surface area contributed by atoms with Gasteiger partial charge in [0, 0.05) is 23.6 Å². The Bertz CT molecular complexity index is 869. The van der Waals surface area contributed by atoms with E-state index < -0.39 is 0 Å². The third kappa shape index (κ3) is 6.15. The monoisotopic (exact) mass is 457 g/mol. The highest BCUT2D eigenvalue weighted by Crippen LogP contribution is 2.23. The number of hydrogen-bond acceptors (Lipinski definition) is 3. The zero-order valence-electron chi connectivity index (χ0n) is 17.0. The van der Waals surface area contributed by atoms with Crippen LogP contribution < -0.4 is 10.6 Å². The van der Waals surface area contributed by atoms with Crippen molar-refractivity contribution in [1.82, 2.24) is 10.2 Å². The average Bonchev–Trinajstić information content (AvgIpc) is 2.68. The van der Waals surface area contributed by atoms with Crippen LogP contribution in [0.3, 0.4) is 0 Å². The van der Waals surface area contributed by atoms with Gasteiger partial charge in [0.15, 0.2) is 0 Å². The fraction of sp³-hybridized carbons (Fsp3) is 0.391. The third-order valence-corrected chi connectivity index (χ3v) is 5.51. The molecule has 2 aromatic rings.